The molecule has 0 saturated heterocycles. The van der Waals surface area contributed by atoms with Crippen molar-refractivity contribution in [2.45, 2.75) is 19.3 Å². The molecule has 0 atom stereocenters. The van der Waals surface area contributed by atoms with Crippen molar-refractivity contribution in [3.63, 3.8) is 0 Å². The minimum absolute atomic E-state index is 0.00310. The summed E-state index contributed by atoms with van der Waals surface area (Å²) < 4.78 is 2.39. The van der Waals surface area contributed by atoms with Crippen molar-refractivity contribution in [3.05, 3.63) is 563 Å². The van der Waals surface area contributed by atoms with Gasteiger partial charge >= 0.3 is 0 Å². The third-order valence-electron chi connectivity index (χ3n) is 32.3. The van der Waals surface area contributed by atoms with E-state index in [1.165, 1.54) is 301 Å². The highest BCUT2D eigenvalue weighted by Crippen LogP contribution is 2.53. The molecular formula is C149H97N. The fraction of sp³-hybridized carbons (Fsp3) is 0.0201. The van der Waals surface area contributed by atoms with Crippen LogP contribution in [0.1, 0.15) is 25.0 Å². The summed E-state index contributed by atoms with van der Waals surface area (Å²) in [6.45, 7) is 4.70. The van der Waals surface area contributed by atoms with Gasteiger partial charge in [0.1, 0.15) is 0 Å². The standard InChI is InChI=1S/C56H35N.C54H34.C39H28/c1-3-15-36(16-4-1)39-31-40(33-41(32-39)38-28-30-54-51(34-38)47-22-13-14-26-53(47)57(54)42-17-5-2-6-18-42)37-27-29-46-45-21-9-11-24-49(45)55-48-23-10-7-19-43(48)44-20-8-12-25-50(44)56(55)52(46)35-37;1-3-14-35(15-4-1)38-19-13-20-39(30-38)41-32-42-31-40(27-28-43(42)50(33-41)36-16-5-2-6-17-36)51-34-52-46-23-10-12-25-48(46)53-44-21-8-7-18-37(44)26-29-49(53)54(52)47-24-11-9-22-45(47)51;1-39(2)37-13-6-5-12-34(37)35-21-18-30(24-38(35)39)28-10-7-9-27(22-28)29-15-14-26-17-19-32-31-11-4-3-8-25(31)16-20-33(32)36(26)23-29/h1-35H;1-34H;3-24H,1-2H3. The first-order chi connectivity index (χ1) is 74.1. The highest BCUT2D eigenvalue weighted by molar-refractivity contribution is 6.41. The molecule has 1 nitrogen and oxygen atoms in total. The zero-order chi connectivity index (χ0) is 99.2. The Labute approximate surface area is 870 Å². The first-order valence-corrected chi connectivity index (χ1v) is 52.3. The number of aromatic nitrogens is 1. The molecule has 0 fully saturated rings. The average Bonchev–Trinajstić information content (AvgIpc) is 1.06. The number of rotatable bonds is 10. The quantitative estimate of drug-likeness (QED) is 0.120. The van der Waals surface area contributed by atoms with Crippen LogP contribution in [0.15, 0.2) is 552 Å². The lowest BCUT2D eigenvalue weighted by Crippen LogP contribution is -2.14. The largest absolute Gasteiger partial charge is 0.309 e. The smallest absolute Gasteiger partial charge is 0.0541 e. The minimum Gasteiger partial charge on any atom is -0.309 e. The van der Waals surface area contributed by atoms with Gasteiger partial charge in [-0.25, -0.2) is 0 Å². The van der Waals surface area contributed by atoms with Crippen LogP contribution in [0.5, 0.6) is 0 Å². The van der Waals surface area contributed by atoms with Gasteiger partial charge in [-0.3, -0.25) is 0 Å². The summed E-state index contributed by atoms with van der Waals surface area (Å²) in [6, 6.07) is 204. The maximum absolute atomic E-state index is 2.46. The van der Waals surface area contributed by atoms with E-state index in [0.717, 1.165) is 0 Å². The average molecular weight is 1900 g/mol. The summed E-state index contributed by atoms with van der Waals surface area (Å²) >= 11 is 0. The second kappa shape index (κ2) is 35.7. The second-order valence-corrected chi connectivity index (χ2v) is 41.0. The van der Waals surface area contributed by atoms with Crippen molar-refractivity contribution in [1.29, 1.82) is 0 Å². The number of nitrogens with zero attached hydrogens (tertiary/aromatic N) is 1. The lowest BCUT2D eigenvalue weighted by molar-refractivity contribution is 0.660. The number of para-hydroxylation sites is 2. The molecule has 0 unspecified atom stereocenters. The Bertz CT molecular complexity index is 10800. The third kappa shape index (κ3) is 14.6. The second-order valence-electron chi connectivity index (χ2n) is 41.0. The van der Waals surface area contributed by atoms with Gasteiger partial charge in [0, 0.05) is 21.9 Å². The molecule has 31 rings (SSSR count). The molecular weight excluding hydrogens is 1800 g/mol. The summed E-state index contributed by atoms with van der Waals surface area (Å²) in [5, 5.41) is 38.7. The molecule has 1 heteroatoms. The van der Waals surface area contributed by atoms with Crippen LogP contribution < -0.4 is 0 Å². The van der Waals surface area contributed by atoms with Crippen molar-refractivity contribution in [3.8, 4) is 117 Å². The monoisotopic (exact) mass is 1900 g/mol. The molecule has 29 aromatic carbocycles. The Kier molecular flexibility index (Phi) is 20.8. The fourth-order valence-corrected chi connectivity index (χ4v) is 25.2. The maximum Gasteiger partial charge on any atom is 0.0541 e. The number of benzene rings is 29. The van der Waals surface area contributed by atoms with E-state index in [9.17, 15) is 0 Å². The van der Waals surface area contributed by atoms with E-state index < -0.39 is 0 Å². The lowest BCUT2D eigenvalue weighted by Gasteiger charge is -2.22. The van der Waals surface area contributed by atoms with E-state index in [2.05, 4.69) is 570 Å². The Morgan fingerprint density at radius 3 is 1.09 bits per heavy atom. The topological polar surface area (TPSA) is 4.93 Å². The molecule has 0 radical (unpaired) electrons. The molecule has 1 aliphatic carbocycles. The van der Waals surface area contributed by atoms with Crippen molar-refractivity contribution in [2.75, 3.05) is 0 Å². The van der Waals surface area contributed by atoms with E-state index in [0.29, 0.717) is 0 Å². The summed E-state index contributed by atoms with van der Waals surface area (Å²) in [6.07, 6.45) is 0. The molecule has 698 valence electrons. The van der Waals surface area contributed by atoms with Crippen LogP contribution in [0.25, 0.3) is 290 Å². The van der Waals surface area contributed by atoms with Crippen LogP contribution in [0, 0.1) is 0 Å². The van der Waals surface area contributed by atoms with Gasteiger partial charge in [0.25, 0.3) is 0 Å². The normalized spacial score (nSPS) is 12.3. The van der Waals surface area contributed by atoms with Crippen LogP contribution in [-0.4, -0.2) is 4.57 Å². The van der Waals surface area contributed by atoms with Crippen molar-refractivity contribution in [1.82, 2.24) is 4.57 Å². The molecule has 30 aromatic rings. The van der Waals surface area contributed by atoms with E-state index in [4.69, 9.17) is 0 Å². The zero-order valence-electron chi connectivity index (χ0n) is 83.0. The Morgan fingerprint density at radius 2 is 0.453 bits per heavy atom. The molecule has 1 aliphatic rings. The van der Waals surface area contributed by atoms with Gasteiger partial charge in [0.2, 0.25) is 0 Å². The van der Waals surface area contributed by atoms with Crippen molar-refractivity contribution in [2.24, 2.45) is 0 Å². The Balaban J connectivity index is 0.000000108. The first-order valence-electron chi connectivity index (χ1n) is 52.3. The molecule has 0 amide bonds. The summed E-state index contributed by atoms with van der Waals surface area (Å²) in [5.74, 6) is 0. The Hall–Kier alpha value is -19.2. The minimum atomic E-state index is 0.00310. The van der Waals surface area contributed by atoms with Gasteiger partial charge in [-0.05, 0) is 376 Å². The maximum atomic E-state index is 2.46. The predicted molar refractivity (Wildman–Crippen MR) is 645 cm³/mol. The molecule has 0 saturated carbocycles. The summed E-state index contributed by atoms with van der Waals surface area (Å²) in [4.78, 5) is 0. The van der Waals surface area contributed by atoms with Crippen molar-refractivity contribution >= 4 is 173 Å². The van der Waals surface area contributed by atoms with Gasteiger partial charge in [0.15, 0.2) is 0 Å². The molecule has 0 aliphatic heterocycles. The van der Waals surface area contributed by atoms with Crippen LogP contribution >= 0.6 is 0 Å². The number of hydrogen-bond donors (Lipinski definition) is 0. The van der Waals surface area contributed by atoms with Gasteiger partial charge in [-0.2, -0.15) is 0 Å². The predicted octanol–water partition coefficient (Wildman–Crippen LogP) is 41.6. The van der Waals surface area contributed by atoms with Gasteiger partial charge in [-0.15, -0.1) is 0 Å². The van der Waals surface area contributed by atoms with E-state index >= 15 is 0 Å². The molecule has 150 heavy (non-hydrogen) atoms. The Morgan fingerprint density at radius 1 is 0.127 bits per heavy atom. The summed E-state index contributed by atoms with van der Waals surface area (Å²) in [7, 11) is 0. The number of hydrogen-bond acceptors (Lipinski definition) is 0. The van der Waals surface area contributed by atoms with E-state index in [1.54, 1.807) is 0 Å². The molecule has 1 aromatic heterocycles. The van der Waals surface area contributed by atoms with Crippen molar-refractivity contribution < 1.29 is 0 Å². The number of fused-ring (bicyclic) bond motifs is 33. The zero-order valence-corrected chi connectivity index (χ0v) is 83.0. The van der Waals surface area contributed by atoms with E-state index in [-0.39, 0.29) is 5.41 Å². The van der Waals surface area contributed by atoms with Crippen LogP contribution in [0.2, 0.25) is 0 Å². The van der Waals surface area contributed by atoms with E-state index in [1.807, 2.05) is 0 Å². The third-order valence-corrected chi connectivity index (χ3v) is 32.3. The van der Waals surface area contributed by atoms with Crippen LogP contribution in [0.4, 0.5) is 0 Å². The fourth-order valence-electron chi connectivity index (χ4n) is 25.2. The van der Waals surface area contributed by atoms with Gasteiger partial charge in [0.05, 0.1) is 11.0 Å². The lowest BCUT2D eigenvalue weighted by atomic mass is 9.81. The highest BCUT2D eigenvalue weighted by Gasteiger charge is 2.36. The highest BCUT2D eigenvalue weighted by atomic mass is 15.0. The van der Waals surface area contributed by atoms with Crippen LogP contribution in [-0.2, 0) is 5.41 Å². The first kappa shape index (κ1) is 87.4. The van der Waals surface area contributed by atoms with Gasteiger partial charge < -0.3 is 4.57 Å². The molecule has 0 bridgehead atoms. The van der Waals surface area contributed by atoms with Gasteiger partial charge in [-0.1, -0.05) is 463 Å². The summed E-state index contributed by atoms with van der Waals surface area (Å²) in [5.41, 5.74) is 31.2. The van der Waals surface area contributed by atoms with Crippen LogP contribution in [0.3, 0.4) is 0 Å². The molecule has 0 spiro atoms. The molecule has 0 N–H and O–H groups in total. The SMILES string of the molecule is CC1(C)c2ccccc2-c2ccc(-c3cccc(-c4ccc5ccc6c7ccccc7ccc6c5c4)c3)cc21.c1ccc(-c2cc(-c3ccc4c5ccccc5c5c6ccccc6c6ccccc6c5c4c3)cc(-c3ccc4c(c3)c3ccccc3n4-c3ccccc3)c2)cc1.c1ccc(-c2cccc(-c3cc(-c4ccccc4)c4ccc(-c5cc6c7ccccc7c7c8ccccc8ccc7c6c6ccccc56)cc4c3)c2)cc1. The molecule has 1 heterocycles.